The average Bonchev–Trinajstić information content (AvgIpc) is 2.89. The zero-order chi connectivity index (χ0) is 16.2. The van der Waals surface area contributed by atoms with Gasteiger partial charge < -0.3 is 14.0 Å². The lowest BCUT2D eigenvalue weighted by Crippen LogP contribution is -2.41. The predicted octanol–water partition coefficient (Wildman–Crippen LogP) is 4.15. The molecule has 2 rings (SSSR count). The van der Waals surface area contributed by atoms with Crippen molar-refractivity contribution in [3.05, 3.63) is 20.8 Å². The van der Waals surface area contributed by atoms with Crippen LogP contribution in [0.15, 0.2) is 15.9 Å². The Balaban J connectivity index is 2.00. The SMILES string of the molecule is CC(C)(C)[S+]([O-])N[C@@H](CCC1OCCCO1)c1sccc1Br. The van der Waals surface area contributed by atoms with E-state index >= 15 is 0 Å². The van der Waals surface area contributed by atoms with Crippen LogP contribution in [0.3, 0.4) is 0 Å². The first-order chi connectivity index (χ1) is 10.4. The first kappa shape index (κ1) is 18.7. The smallest absolute Gasteiger partial charge is 0.157 e. The van der Waals surface area contributed by atoms with E-state index in [-0.39, 0.29) is 17.1 Å². The van der Waals surface area contributed by atoms with Gasteiger partial charge in [0.25, 0.3) is 0 Å². The third kappa shape index (κ3) is 5.47. The number of hydrogen-bond acceptors (Lipinski definition) is 5. The van der Waals surface area contributed by atoms with Gasteiger partial charge in [0.05, 0.1) is 19.3 Å². The summed E-state index contributed by atoms with van der Waals surface area (Å²) in [6.45, 7) is 7.46. The summed E-state index contributed by atoms with van der Waals surface area (Å²) in [7, 11) is 0. The van der Waals surface area contributed by atoms with Crippen molar-refractivity contribution in [3.8, 4) is 0 Å². The van der Waals surface area contributed by atoms with E-state index in [1.54, 1.807) is 11.3 Å². The van der Waals surface area contributed by atoms with Crippen molar-refractivity contribution in [2.24, 2.45) is 0 Å². The standard InChI is InChI=1S/C15H24BrNO3S2/c1-15(2,3)22(18)17-12(14-11(16)7-10-21-14)5-6-13-19-8-4-9-20-13/h7,10,12-13,17H,4-6,8-9H2,1-3H3/t12-,22?/m0/s1. The van der Waals surface area contributed by atoms with Crippen LogP contribution in [0.5, 0.6) is 0 Å². The fraction of sp³-hybridized carbons (Fsp3) is 0.733. The molecule has 1 aromatic heterocycles. The van der Waals surface area contributed by atoms with Crippen LogP contribution in [0.1, 0.15) is 51.0 Å². The Kier molecular flexibility index (Phi) is 7.20. The van der Waals surface area contributed by atoms with E-state index in [9.17, 15) is 4.55 Å². The number of halogens is 1. The Bertz CT molecular complexity index is 458. The number of thiophene rings is 1. The van der Waals surface area contributed by atoms with Crippen molar-refractivity contribution in [2.45, 2.75) is 57.1 Å². The van der Waals surface area contributed by atoms with Gasteiger partial charge in [0, 0.05) is 27.1 Å². The summed E-state index contributed by atoms with van der Waals surface area (Å²) in [5.41, 5.74) is 0. The molecule has 0 spiro atoms. The third-order valence-corrected chi connectivity index (χ3v) is 6.95. The molecule has 22 heavy (non-hydrogen) atoms. The van der Waals surface area contributed by atoms with Crippen molar-refractivity contribution in [3.63, 3.8) is 0 Å². The largest absolute Gasteiger partial charge is 0.598 e. The summed E-state index contributed by atoms with van der Waals surface area (Å²) in [5.74, 6) is 0. The van der Waals surface area contributed by atoms with E-state index in [0.717, 1.165) is 36.9 Å². The maximum Gasteiger partial charge on any atom is 0.157 e. The van der Waals surface area contributed by atoms with Gasteiger partial charge in [-0.05, 0) is 61.0 Å². The number of nitrogens with one attached hydrogen (secondary N) is 1. The van der Waals surface area contributed by atoms with Crippen molar-refractivity contribution >= 4 is 38.6 Å². The normalized spacial score (nSPS) is 20.0. The van der Waals surface area contributed by atoms with E-state index < -0.39 is 11.4 Å². The minimum absolute atomic E-state index is 0.0311. The highest BCUT2D eigenvalue weighted by Crippen LogP contribution is 2.34. The Morgan fingerprint density at radius 2 is 2.14 bits per heavy atom. The maximum atomic E-state index is 12.5. The molecule has 1 aromatic rings. The molecule has 0 saturated carbocycles. The maximum absolute atomic E-state index is 12.5. The van der Waals surface area contributed by atoms with Gasteiger partial charge in [-0.25, -0.2) is 0 Å². The molecule has 2 atom stereocenters. The highest BCUT2D eigenvalue weighted by atomic mass is 79.9. The van der Waals surface area contributed by atoms with Gasteiger partial charge in [-0.15, -0.1) is 16.1 Å². The number of hydrogen-bond donors (Lipinski definition) is 1. The van der Waals surface area contributed by atoms with Crippen LogP contribution in [0.4, 0.5) is 0 Å². The molecule has 0 amide bonds. The van der Waals surface area contributed by atoms with Crippen molar-refractivity contribution in [1.29, 1.82) is 0 Å². The van der Waals surface area contributed by atoms with Gasteiger partial charge in [0.1, 0.15) is 4.75 Å². The molecule has 4 nitrogen and oxygen atoms in total. The molecule has 1 aliphatic rings. The molecule has 1 fully saturated rings. The van der Waals surface area contributed by atoms with Crippen LogP contribution in [-0.4, -0.2) is 28.8 Å². The van der Waals surface area contributed by atoms with Crippen molar-refractivity contribution in [1.82, 2.24) is 4.72 Å². The van der Waals surface area contributed by atoms with Gasteiger partial charge >= 0.3 is 0 Å². The zero-order valence-electron chi connectivity index (χ0n) is 13.3. The second-order valence-corrected chi connectivity index (χ2v) is 10.1. The average molecular weight is 410 g/mol. The van der Waals surface area contributed by atoms with Gasteiger partial charge in [0.15, 0.2) is 6.29 Å². The van der Waals surface area contributed by atoms with Gasteiger partial charge in [-0.2, -0.15) is 0 Å². The van der Waals surface area contributed by atoms with Gasteiger partial charge in [-0.1, -0.05) is 0 Å². The molecule has 0 aromatic carbocycles. The molecule has 126 valence electrons. The summed E-state index contributed by atoms with van der Waals surface area (Å²) in [6.07, 6.45) is 2.44. The molecule has 2 heterocycles. The van der Waals surface area contributed by atoms with Crippen molar-refractivity contribution < 1.29 is 14.0 Å². The minimum Gasteiger partial charge on any atom is -0.598 e. The Hall–Kier alpha value is 0.370. The monoisotopic (exact) mass is 409 g/mol. The quantitative estimate of drug-likeness (QED) is 0.716. The van der Waals surface area contributed by atoms with E-state index in [1.165, 1.54) is 4.88 Å². The fourth-order valence-corrected chi connectivity index (χ4v) is 4.77. The van der Waals surface area contributed by atoms with Crippen LogP contribution in [0, 0.1) is 0 Å². The topological polar surface area (TPSA) is 53.5 Å². The summed E-state index contributed by atoms with van der Waals surface area (Å²) in [6, 6.07) is 2.06. The molecule has 1 N–H and O–H groups in total. The van der Waals surface area contributed by atoms with Crippen LogP contribution in [0.2, 0.25) is 0 Å². The summed E-state index contributed by atoms with van der Waals surface area (Å²) in [5, 5.41) is 2.04. The van der Waals surface area contributed by atoms with Crippen LogP contribution >= 0.6 is 27.3 Å². The third-order valence-electron chi connectivity index (χ3n) is 3.35. The van der Waals surface area contributed by atoms with Crippen molar-refractivity contribution in [2.75, 3.05) is 13.2 Å². The molecule has 7 heteroatoms. The second-order valence-electron chi connectivity index (χ2n) is 6.29. The highest BCUT2D eigenvalue weighted by Gasteiger charge is 2.31. The van der Waals surface area contributed by atoms with E-state index in [2.05, 4.69) is 20.7 Å². The summed E-state index contributed by atoms with van der Waals surface area (Å²) >= 11 is 4.14. The first-order valence-corrected chi connectivity index (χ1v) is 10.3. The Morgan fingerprint density at radius 3 is 2.68 bits per heavy atom. The van der Waals surface area contributed by atoms with Gasteiger partial charge in [-0.3, -0.25) is 0 Å². The second kappa shape index (κ2) is 8.46. The van der Waals surface area contributed by atoms with Crippen LogP contribution in [-0.2, 0) is 20.8 Å². The molecular weight excluding hydrogens is 386 g/mol. The minimum atomic E-state index is -1.11. The van der Waals surface area contributed by atoms with E-state index in [0.29, 0.717) is 0 Å². The van der Waals surface area contributed by atoms with Crippen LogP contribution in [0.25, 0.3) is 0 Å². The number of ether oxygens (including phenoxy) is 2. The first-order valence-electron chi connectivity index (χ1n) is 7.52. The summed E-state index contributed by atoms with van der Waals surface area (Å²) < 4.78 is 27.7. The zero-order valence-corrected chi connectivity index (χ0v) is 16.5. The van der Waals surface area contributed by atoms with E-state index in [1.807, 2.05) is 32.2 Å². The molecule has 0 aliphatic carbocycles. The summed E-state index contributed by atoms with van der Waals surface area (Å²) in [4.78, 5) is 1.17. The molecule has 1 saturated heterocycles. The van der Waals surface area contributed by atoms with E-state index in [4.69, 9.17) is 9.47 Å². The molecular formula is C15H24BrNO3S2. The number of rotatable bonds is 6. The Morgan fingerprint density at radius 1 is 1.45 bits per heavy atom. The molecule has 0 radical (unpaired) electrons. The Labute approximate surface area is 148 Å². The lowest BCUT2D eigenvalue weighted by molar-refractivity contribution is -0.182. The lowest BCUT2D eigenvalue weighted by atomic mass is 10.1. The molecule has 1 unspecified atom stereocenters. The highest BCUT2D eigenvalue weighted by molar-refractivity contribution is 9.10. The fourth-order valence-electron chi connectivity index (χ4n) is 2.11. The molecule has 1 aliphatic heterocycles. The predicted molar refractivity (Wildman–Crippen MR) is 95.3 cm³/mol. The molecule has 0 bridgehead atoms. The van der Waals surface area contributed by atoms with Gasteiger partial charge in [0.2, 0.25) is 0 Å². The lowest BCUT2D eigenvalue weighted by Gasteiger charge is -2.29. The van der Waals surface area contributed by atoms with Crippen LogP contribution < -0.4 is 4.72 Å².